The van der Waals surface area contributed by atoms with Gasteiger partial charge in [-0.3, -0.25) is 13.9 Å². The first kappa shape index (κ1) is 28.1. The molecule has 0 saturated heterocycles. The SMILES string of the molecule is CCNC(=O)[C@H](C)N(Cc1ccccc1F)C(=O)CN(c1ccc(C)cc1)S(=O)(=O)c1ccc(Cl)cc1. The van der Waals surface area contributed by atoms with Crippen LogP contribution in [0.25, 0.3) is 0 Å². The third-order valence-electron chi connectivity index (χ3n) is 5.82. The number of nitrogens with one attached hydrogen (secondary N) is 1. The summed E-state index contributed by atoms with van der Waals surface area (Å²) in [5.41, 5.74) is 1.38. The van der Waals surface area contributed by atoms with Gasteiger partial charge in [0, 0.05) is 23.7 Å². The van der Waals surface area contributed by atoms with Crippen LogP contribution in [0.1, 0.15) is 25.0 Å². The molecular formula is C27H29ClFN3O4S. The molecule has 0 aliphatic carbocycles. The Hall–Kier alpha value is -3.43. The summed E-state index contributed by atoms with van der Waals surface area (Å²) in [6.45, 7) is 4.64. The number of amides is 2. The molecule has 0 unspecified atom stereocenters. The highest BCUT2D eigenvalue weighted by molar-refractivity contribution is 7.92. The number of nitrogens with zero attached hydrogens (tertiary/aromatic N) is 2. The zero-order valence-corrected chi connectivity index (χ0v) is 22.4. The Balaban J connectivity index is 2.03. The molecule has 0 radical (unpaired) electrons. The predicted molar refractivity (Wildman–Crippen MR) is 142 cm³/mol. The fourth-order valence-electron chi connectivity index (χ4n) is 3.69. The number of likely N-dealkylation sites (N-methyl/N-ethyl adjacent to an activating group) is 1. The van der Waals surface area contributed by atoms with Crippen LogP contribution >= 0.6 is 11.6 Å². The molecule has 0 spiro atoms. The molecule has 7 nitrogen and oxygen atoms in total. The predicted octanol–water partition coefficient (Wildman–Crippen LogP) is 4.54. The first-order valence-corrected chi connectivity index (χ1v) is 13.5. The number of hydrogen-bond acceptors (Lipinski definition) is 4. The Morgan fingerprint density at radius 1 is 1.00 bits per heavy atom. The summed E-state index contributed by atoms with van der Waals surface area (Å²) in [5, 5.41) is 3.03. The lowest BCUT2D eigenvalue weighted by molar-refractivity contribution is -0.139. The van der Waals surface area contributed by atoms with E-state index in [0.29, 0.717) is 11.6 Å². The molecule has 196 valence electrons. The Kier molecular flexibility index (Phi) is 9.29. The minimum absolute atomic E-state index is 0.0531. The second-order valence-electron chi connectivity index (χ2n) is 8.48. The van der Waals surface area contributed by atoms with E-state index in [4.69, 9.17) is 11.6 Å². The van der Waals surface area contributed by atoms with Crippen LogP contribution in [0.2, 0.25) is 5.02 Å². The summed E-state index contributed by atoms with van der Waals surface area (Å²) in [5.74, 6) is -1.64. The highest BCUT2D eigenvalue weighted by atomic mass is 35.5. The molecule has 0 fully saturated rings. The lowest BCUT2D eigenvalue weighted by Gasteiger charge is -2.32. The van der Waals surface area contributed by atoms with Crippen molar-refractivity contribution in [1.29, 1.82) is 0 Å². The molecule has 0 aromatic heterocycles. The molecule has 10 heteroatoms. The zero-order valence-electron chi connectivity index (χ0n) is 20.8. The summed E-state index contributed by atoms with van der Waals surface area (Å²) in [7, 11) is -4.20. The fourth-order valence-corrected chi connectivity index (χ4v) is 5.23. The quantitative estimate of drug-likeness (QED) is 0.405. The molecule has 2 amide bonds. The number of anilines is 1. The van der Waals surface area contributed by atoms with Gasteiger partial charge in [0.25, 0.3) is 10.0 Å². The van der Waals surface area contributed by atoms with Crippen molar-refractivity contribution in [3.8, 4) is 0 Å². The summed E-state index contributed by atoms with van der Waals surface area (Å²) < 4.78 is 42.8. The molecule has 0 aliphatic heterocycles. The molecule has 3 aromatic carbocycles. The van der Waals surface area contributed by atoms with E-state index >= 15 is 0 Å². The molecule has 3 aromatic rings. The van der Waals surface area contributed by atoms with Crippen LogP contribution in [0, 0.1) is 12.7 Å². The number of benzene rings is 3. The third kappa shape index (κ3) is 6.87. The summed E-state index contributed by atoms with van der Waals surface area (Å²) in [4.78, 5) is 27.5. The molecule has 0 heterocycles. The largest absolute Gasteiger partial charge is 0.355 e. The van der Waals surface area contributed by atoms with Crippen LogP contribution in [0.4, 0.5) is 10.1 Å². The summed E-state index contributed by atoms with van der Waals surface area (Å²) in [6, 6.07) is 17.2. The van der Waals surface area contributed by atoms with Gasteiger partial charge < -0.3 is 10.2 Å². The second kappa shape index (κ2) is 12.2. The second-order valence-corrected chi connectivity index (χ2v) is 10.8. The number of rotatable bonds is 10. The van der Waals surface area contributed by atoms with Crippen molar-refractivity contribution in [1.82, 2.24) is 10.2 Å². The molecule has 0 bridgehead atoms. The highest BCUT2D eigenvalue weighted by Crippen LogP contribution is 2.26. The van der Waals surface area contributed by atoms with Gasteiger partial charge in [0.15, 0.2) is 0 Å². The normalized spacial score (nSPS) is 12.0. The Morgan fingerprint density at radius 2 is 1.62 bits per heavy atom. The summed E-state index contributed by atoms with van der Waals surface area (Å²) in [6.07, 6.45) is 0. The molecular weight excluding hydrogens is 517 g/mol. The first-order chi connectivity index (χ1) is 17.5. The number of carbonyl (C=O) groups is 2. The van der Waals surface area contributed by atoms with Gasteiger partial charge in [0.2, 0.25) is 11.8 Å². The minimum Gasteiger partial charge on any atom is -0.355 e. The summed E-state index contributed by atoms with van der Waals surface area (Å²) >= 11 is 5.94. The minimum atomic E-state index is -4.20. The molecule has 1 N–H and O–H groups in total. The monoisotopic (exact) mass is 545 g/mol. The van der Waals surface area contributed by atoms with Gasteiger partial charge in [-0.05, 0) is 63.2 Å². The van der Waals surface area contributed by atoms with E-state index in [1.54, 1.807) is 37.3 Å². The fraction of sp³-hybridized carbons (Fsp3) is 0.259. The van der Waals surface area contributed by atoms with Crippen LogP contribution in [0.5, 0.6) is 0 Å². The lowest BCUT2D eigenvalue weighted by atomic mass is 10.1. The van der Waals surface area contributed by atoms with Crippen LogP contribution < -0.4 is 9.62 Å². The van der Waals surface area contributed by atoms with Crippen LogP contribution in [0.3, 0.4) is 0 Å². The number of halogens is 2. The smallest absolute Gasteiger partial charge is 0.264 e. The highest BCUT2D eigenvalue weighted by Gasteiger charge is 2.32. The number of sulfonamides is 1. The number of hydrogen-bond donors (Lipinski definition) is 1. The Labute approximate surface area is 221 Å². The maximum Gasteiger partial charge on any atom is 0.264 e. The van der Waals surface area contributed by atoms with Crippen molar-refractivity contribution < 1.29 is 22.4 Å². The van der Waals surface area contributed by atoms with Gasteiger partial charge in [0.05, 0.1) is 10.6 Å². The Morgan fingerprint density at radius 3 is 2.22 bits per heavy atom. The van der Waals surface area contributed by atoms with E-state index < -0.39 is 40.2 Å². The van der Waals surface area contributed by atoms with Gasteiger partial charge in [-0.15, -0.1) is 0 Å². The van der Waals surface area contributed by atoms with E-state index in [0.717, 1.165) is 9.87 Å². The zero-order chi connectivity index (χ0) is 27.2. The van der Waals surface area contributed by atoms with Crippen LogP contribution in [-0.2, 0) is 26.2 Å². The van der Waals surface area contributed by atoms with Crippen molar-refractivity contribution in [3.63, 3.8) is 0 Å². The maximum atomic E-state index is 14.5. The Bertz CT molecular complexity index is 1350. The van der Waals surface area contributed by atoms with Crippen molar-refractivity contribution in [2.45, 2.75) is 38.3 Å². The average Bonchev–Trinajstić information content (AvgIpc) is 2.87. The first-order valence-electron chi connectivity index (χ1n) is 11.7. The van der Waals surface area contributed by atoms with Gasteiger partial charge >= 0.3 is 0 Å². The number of carbonyl (C=O) groups excluding carboxylic acids is 2. The lowest BCUT2D eigenvalue weighted by Crippen LogP contribution is -2.51. The standard InChI is InChI=1S/C27H29ClFN3O4S/c1-4-30-27(34)20(3)31(17-21-7-5-6-8-25(21)29)26(33)18-32(23-13-9-19(2)10-14-23)37(35,36)24-15-11-22(28)12-16-24/h5-16,20H,4,17-18H2,1-3H3,(H,30,34)/t20-/m0/s1. The average molecular weight is 546 g/mol. The van der Waals surface area contributed by atoms with E-state index in [1.807, 2.05) is 6.92 Å². The van der Waals surface area contributed by atoms with Gasteiger partial charge in [-0.1, -0.05) is 47.5 Å². The molecule has 0 saturated carbocycles. The third-order valence-corrected chi connectivity index (χ3v) is 7.86. The topological polar surface area (TPSA) is 86.8 Å². The van der Waals surface area contributed by atoms with Gasteiger partial charge in [-0.25, -0.2) is 12.8 Å². The van der Waals surface area contributed by atoms with Crippen LogP contribution in [-0.4, -0.2) is 44.3 Å². The maximum absolute atomic E-state index is 14.5. The number of aryl methyl sites for hydroxylation is 1. The van der Waals surface area contributed by atoms with E-state index in [1.165, 1.54) is 54.3 Å². The van der Waals surface area contributed by atoms with E-state index in [2.05, 4.69) is 5.32 Å². The molecule has 37 heavy (non-hydrogen) atoms. The van der Waals surface area contributed by atoms with Gasteiger partial charge in [-0.2, -0.15) is 0 Å². The molecule has 3 rings (SSSR count). The molecule has 0 aliphatic rings. The molecule has 1 atom stereocenters. The van der Waals surface area contributed by atoms with Crippen molar-refractivity contribution in [3.05, 3.63) is 94.8 Å². The van der Waals surface area contributed by atoms with E-state index in [9.17, 15) is 22.4 Å². The van der Waals surface area contributed by atoms with Crippen molar-refractivity contribution in [2.75, 3.05) is 17.4 Å². The van der Waals surface area contributed by atoms with Crippen molar-refractivity contribution in [2.24, 2.45) is 0 Å². The van der Waals surface area contributed by atoms with Crippen molar-refractivity contribution >= 4 is 39.1 Å². The van der Waals surface area contributed by atoms with E-state index in [-0.39, 0.29) is 22.7 Å². The van der Waals surface area contributed by atoms with Crippen LogP contribution in [0.15, 0.2) is 77.7 Å². The van der Waals surface area contributed by atoms with Gasteiger partial charge in [0.1, 0.15) is 18.4 Å².